The zero-order chi connectivity index (χ0) is 21.8. The monoisotopic (exact) mass is 421 g/mol. The van der Waals surface area contributed by atoms with Crippen LogP contribution in [0.4, 0.5) is 0 Å². The van der Waals surface area contributed by atoms with Gasteiger partial charge in [0.05, 0.1) is 14.2 Å². The standard InChI is InChI=1S/C25H31N3O3/c1-27(14-12-18-10-11-23(30-2)24(15-18)31-3)20-8-6-13-28(17-20)25(29)22-16-19-7-4-5-9-21(19)26-22/h4-5,7,9-11,15-16,20,26H,6,8,12-14,17H2,1-3H3/t20-/m1/s1. The second-order valence-electron chi connectivity index (χ2n) is 8.24. The molecular formula is C25H31N3O3. The second-order valence-corrected chi connectivity index (χ2v) is 8.24. The van der Waals surface area contributed by atoms with Crippen LogP contribution in [-0.2, 0) is 6.42 Å². The van der Waals surface area contributed by atoms with Crippen LogP contribution in [0.5, 0.6) is 11.5 Å². The van der Waals surface area contributed by atoms with Crippen molar-refractivity contribution in [2.24, 2.45) is 0 Å². The van der Waals surface area contributed by atoms with E-state index in [9.17, 15) is 4.79 Å². The number of aromatic amines is 1. The predicted molar refractivity (Wildman–Crippen MR) is 123 cm³/mol. The Bertz CT molecular complexity index is 1010. The van der Waals surface area contributed by atoms with Crippen molar-refractivity contribution in [1.29, 1.82) is 0 Å². The van der Waals surface area contributed by atoms with Crippen LogP contribution in [0.15, 0.2) is 48.5 Å². The number of aromatic nitrogens is 1. The molecule has 1 atom stereocenters. The molecule has 31 heavy (non-hydrogen) atoms. The number of ether oxygens (including phenoxy) is 2. The van der Waals surface area contributed by atoms with Crippen LogP contribution in [0.1, 0.15) is 28.9 Å². The first-order chi connectivity index (χ1) is 15.1. The number of nitrogens with zero attached hydrogens (tertiary/aromatic N) is 2. The average Bonchev–Trinajstić information content (AvgIpc) is 3.26. The van der Waals surface area contributed by atoms with Crippen molar-refractivity contribution < 1.29 is 14.3 Å². The Labute approximate surface area is 183 Å². The minimum absolute atomic E-state index is 0.0918. The van der Waals surface area contributed by atoms with Crippen LogP contribution >= 0.6 is 0 Å². The van der Waals surface area contributed by atoms with Crippen LogP contribution in [0.3, 0.4) is 0 Å². The Kier molecular flexibility index (Phi) is 6.47. The summed E-state index contributed by atoms with van der Waals surface area (Å²) in [4.78, 5) is 20.7. The van der Waals surface area contributed by atoms with Crippen LogP contribution in [0.2, 0.25) is 0 Å². The molecule has 1 amide bonds. The third-order valence-electron chi connectivity index (χ3n) is 6.27. The summed E-state index contributed by atoms with van der Waals surface area (Å²) in [5, 5.41) is 1.08. The van der Waals surface area contributed by atoms with Gasteiger partial charge in [-0.05, 0) is 56.1 Å². The van der Waals surface area contributed by atoms with Crippen LogP contribution in [0.25, 0.3) is 10.9 Å². The average molecular weight is 422 g/mol. The first-order valence-corrected chi connectivity index (χ1v) is 10.9. The van der Waals surface area contributed by atoms with Crippen LogP contribution in [-0.4, -0.2) is 67.6 Å². The first kappa shape index (κ1) is 21.2. The summed E-state index contributed by atoms with van der Waals surface area (Å²) < 4.78 is 10.7. The van der Waals surface area contributed by atoms with E-state index < -0.39 is 0 Å². The highest BCUT2D eigenvalue weighted by molar-refractivity contribution is 5.98. The molecule has 0 aliphatic carbocycles. The minimum Gasteiger partial charge on any atom is -0.493 e. The molecule has 1 N–H and O–H groups in total. The molecule has 1 aliphatic rings. The van der Waals surface area contributed by atoms with E-state index >= 15 is 0 Å². The van der Waals surface area contributed by atoms with E-state index in [1.54, 1.807) is 14.2 Å². The summed E-state index contributed by atoms with van der Waals surface area (Å²) in [6.45, 7) is 2.50. The molecular weight excluding hydrogens is 390 g/mol. The quantitative estimate of drug-likeness (QED) is 0.627. The predicted octanol–water partition coefficient (Wildman–Crippen LogP) is 3.96. The molecule has 6 heteroatoms. The largest absolute Gasteiger partial charge is 0.493 e. The normalized spacial score (nSPS) is 16.6. The van der Waals surface area contributed by atoms with Crippen LogP contribution < -0.4 is 9.47 Å². The summed E-state index contributed by atoms with van der Waals surface area (Å²) in [5.41, 5.74) is 2.90. The van der Waals surface area contributed by atoms with Crippen molar-refractivity contribution in [2.75, 3.05) is 40.9 Å². The van der Waals surface area contributed by atoms with Crippen molar-refractivity contribution >= 4 is 16.8 Å². The molecule has 3 aromatic rings. The van der Waals surface area contributed by atoms with Gasteiger partial charge in [-0.3, -0.25) is 4.79 Å². The smallest absolute Gasteiger partial charge is 0.270 e. The van der Waals surface area contributed by atoms with Gasteiger partial charge in [0.15, 0.2) is 11.5 Å². The van der Waals surface area contributed by atoms with E-state index in [0.717, 1.165) is 61.3 Å². The lowest BCUT2D eigenvalue weighted by Gasteiger charge is -2.37. The van der Waals surface area contributed by atoms with Gasteiger partial charge in [0.1, 0.15) is 5.69 Å². The fourth-order valence-corrected chi connectivity index (χ4v) is 4.38. The van der Waals surface area contributed by atoms with Gasteiger partial charge in [-0.1, -0.05) is 24.3 Å². The fourth-order valence-electron chi connectivity index (χ4n) is 4.38. The Morgan fingerprint density at radius 3 is 2.71 bits per heavy atom. The van der Waals surface area contributed by atoms with E-state index in [-0.39, 0.29) is 5.91 Å². The number of carbonyl (C=O) groups excluding carboxylic acids is 1. The zero-order valence-corrected chi connectivity index (χ0v) is 18.6. The van der Waals surface area contributed by atoms with Gasteiger partial charge in [-0.2, -0.15) is 0 Å². The van der Waals surface area contributed by atoms with Crippen molar-refractivity contribution in [3.05, 3.63) is 59.8 Å². The number of fused-ring (bicyclic) bond motifs is 1. The Balaban J connectivity index is 1.37. The third kappa shape index (κ3) is 4.69. The number of para-hydroxylation sites is 1. The maximum atomic E-state index is 13.1. The van der Waals surface area contributed by atoms with E-state index in [2.05, 4.69) is 23.0 Å². The SMILES string of the molecule is COc1ccc(CCN(C)[C@@H]2CCCN(C(=O)c3cc4ccccc4[nH]3)C2)cc1OC. The summed E-state index contributed by atoms with van der Waals surface area (Å²) in [6, 6.07) is 16.4. The molecule has 6 nitrogen and oxygen atoms in total. The highest BCUT2D eigenvalue weighted by Crippen LogP contribution is 2.28. The lowest BCUT2D eigenvalue weighted by Crippen LogP contribution is -2.49. The third-order valence-corrected chi connectivity index (χ3v) is 6.27. The van der Waals surface area contributed by atoms with E-state index in [1.165, 1.54) is 5.56 Å². The van der Waals surface area contributed by atoms with E-state index in [0.29, 0.717) is 11.7 Å². The molecule has 0 bridgehead atoms. The van der Waals surface area contributed by atoms with Crippen molar-refractivity contribution in [3.63, 3.8) is 0 Å². The van der Waals surface area contributed by atoms with Crippen molar-refractivity contribution in [3.8, 4) is 11.5 Å². The number of likely N-dealkylation sites (tertiary alicyclic amines) is 1. The summed E-state index contributed by atoms with van der Waals surface area (Å²) in [7, 11) is 5.47. The topological polar surface area (TPSA) is 57.8 Å². The number of nitrogens with one attached hydrogen (secondary N) is 1. The molecule has 2 aromatic carbocycles. The molecule has 0 spiro atoms. The molecule has 0 saturated carbocycles. The van der Waals surface area contributed by atoms with Gasteiger partial charge < -0.3 is 24.3 Å². The maximum Gasteiger partial charge on any atom is 0.270 e. The number of piperidine rings is 1. The number of hydrogen-bond acceptors (Lipinski definition) is 4. The van der Waals surface area contributed by atoms with Gasteiger partial charge in [0, 0.05) is 36.6 Å². The molecule has 0 radical (unpaired) electrons. The van der Waals surface area contributed by atoms with Gasteiger partial charge in [0.25, 0.3) is 5.91 Å². The number of carbonyl (C=O) groups is 1. The number of methoxy groups -OCH3 is 2. The highest BCUT2D eigenvalue weighted by Gasteiger charge is 2.27. The van der Waals surface area contributed by atoms with Crippen LogP contribution in [0, 0.1) is 0 Å². The zero-order valence-electron chi connectivity index (χ0n) is 18.6. The molecule has 0 unspecified atom stereocenters. The van der Waals surface area contributed by atoms with Gasteiger partial charge in [-0.25, -0.2) is 0 Å². The highest BCUT2D eigenvalue weighted by atomic mass is 16.5. The molecule has 2 heterocycles. The number of hydrogen-bond donors (Lipinski definition) is 1. The number of rotatable bonds is 7. The molecule has 164 valence electrons. The van der Waals surface area contributed by atoms with E-state index in [1.807, 2.05) is 47.4 Å². The van der Waals surface area contributed by atoms with Crippen molar-refractivity contribution in [1.82, 2.24) is 14.8 Å². The lowest BCUT2D eigenvalue weighted by molar-refractivity contribution is 0.0607. The molecule has 1 aliphatic heterocycles. The van der Waals surface area contributed by atoms with Gasteiger partial charge in [0.2, 0.25) is 0 Å². The summed E-state index contributed by atoms with van der Waals surface area (Å²) in [5.74, 6) is 1.60. The Morgan fingerprint density at radius 2 is 1.94 bits per heavy atom. The first-order valence-electron chi connectivity index (χ1n) is 10.9. The number of likely N-dealkylation sites (N-methyl/N-ethyl adjacent to an activating group) is 1. The number of benzene rings is 2. The molecule has 1 aromatic heterocycles. The van der Waals surface area contributed by atoms with E-state index in [4.69, 9.17) is 9.47 Å². The molecule has 1 saturated heterocycles. The Hall–Kier alpha value is -2.99. The van der Waals surface area contributed by atoms with Gasteiger partial charge in [-0.15, -0.1) is 0 Å². The molecule has 1 fully saturated rings. The summed E-state index contributed by atoms with van der Waals surface area (Å²) >= 11 is 0. The maximum absolute atomic E-state index is 13.1. The molecule has 4 rings (SSSR count). The number of H-pyrrole nitrogens is 1. The second kappa shape index (κ2) is 9.43. The van der Waals surface area contributed by atoms with Crippen molar-refractivity contribution in [2.45, 2.75) is 25.3 Å². The van der Waals surface area contributed by atoms with Gasteiger partial charge >= 0.3 is 0 Å². The fraction of sp³-hybridized carbons (Fsp3) is 0.400. The number of amides is 1. The summed E-state index contributed by atoms with van der Waals surface area (Å²) in [6.07, 6.45) is 3.06. The lowest BCUT2D eigenvalue weighted by atomic mass is 10.0. The minimum atomic E-state index is 0.0918. The Morgan fingerprint density at radius 1 is 1.13 bits per heavy atom.